The summed E-state index contributed by atoms with van der Waals surface area (Å²) in [6, 6.07) is 21.0. The molecule has 1 aromatic heterocycles. The molecule has 0 atom stereocenters. The lowest BCUT2D eigenvalue weighted by molar-refractivity contribution is 0.100. The van der Waals surface area contributed by atoms with E-state index in [9.17, 15) is 9.90 Å². The van der Waals surface area contributed by atoms with Crippen molar-refractivity contribution in [2.24, 2.45) is 10.7 Å². The molecule has 1 amide bonds. The molecule has 3 aromatic carbocycles. The molecule has 0 spiro atoms. The molecule has 0 aliphatic rings. The second-order valence-electron chi connectivity index (χ2n) is 8.14. The Labute approximate surface area is 197 Å². The normalized spacial score (nSPS) is 11.9. The Morgan fingerprint density at radius 2 is 1.64 bits per heavy atom. The van der Waals surface area contributed by atoms with Gasteiger partial charge in [0.15, 0.2) is 5.88 Å². The number of fused-ring (bicyclic) bond motifs is 1. The van der Waals surface area contributed by atoms with Gasteiger partial charge in [0.1, 0.15) is 0 Å². The highest BCUT2D eigenvalue weighted by molar-refractivity contribution is 6.30. The third-order valence-corrected chi connectivity index (χ3v) is 5.73. The van der Waals surface area contributed by atoms with Gasteiger partial charge in [-0.2, -0.15) is 0 Å². The van der Waals surface area contributed by atoms with Gasteiger partial charge in [-0.15, -0.1) is 0 Å². The molecule has 0 aliphatic carbocycles. The fourth-order valence-corrected chi connectivity index (χ4v) is 4.02. The molecule has 4 N–H and O–H groups in total. The monoisotopic (exact) mass is 460 g/mol. The lowest BCUT2D eigenvalue weighted by Gasteiger charge is -2.17. The van der Waals surface area contributed by atoms with Crippen LogP contribution in [0.2, 0.25) is 5.02 Å². The van der Waals surface area contributed by atoms with Crippen molar-refractivity contribution < 1.29 is 9.90 Å². The fourth-order valence-electron chi connectivity index (χ4n) is 3.90. The van der Waals surface area contributed by atoms with Crippen LogP contribution in [0.1, 0.15) is 34.0 Å². The molecule has 168 valence electrons. The average Bonchev–Trinajstić information content (AvgIpc) is 3.11. The molecular weight excluding hydrogens is 436 g/mol. The molecule has 0 radical (unpaired) electrons. The van der Waals surface area contributed by atoms with Crippen LogP contribution < -0.4 is 5.73 Å². The lowest BCUT2D eigenvalue weighted by atomic mass is 10.1. The summed E-state index contributed by atoms with van der Waals surface area (Å²) in [5.74, 6) is -0.509. The maximum absolute atomic E-state index is 11.4. The van der Waals surface area contributed by atoms with Crippen LogP contribution in [0.3, 0.4) is 0 Å². The predicted octanol–water partition coefficient (Wildman–Crippen LogP) is 5.40. The average molecular weight is 461 g/mol. The van der Waals surface area contributed by atoms with Crippen molar-refractivity contribution in [1.29, 1.82) is 0 Å². The van der Waals surface area contributed by atoms with Gasteiger partial charge in [-0.25, -0.2) is 0 Å². The van der Waals surface area contributed by atoms with E-state index in [1.165, 1.54) is 11.1 Å². The molecule has 4 aromatic rings. The SMILES string of the molecule is CC(=Nc1ccc(CN(C)Cc2ccc(Cl)cc2)cc1)c1c(O)[nH]c2cc(C(N)=O)ccc12. The first-order chi connectivity index (χ1) is 15.8. The minimum absolute atomic E-state index is 0.00770. The Hall–Kier alpha value is -3.61. The molecule has 6 nitrogen and oxygen atoms in total. The van der Waals surface area contributed by atoms with Crippen LogP contribution in [0, 0.1) is 0 Å². The first-order valence-corrected chi connectivity index (χ1v) is 10.9. The van der Waals surface area contributed by atoms with E-state index in [0.717, 1.165) is 29.2 Å². The number of aromatic nitrogens is 1. The fraction of sp³-hybridized carbons (Fsp3) is 0.154. The number of benzene rings is 3. The highest BCUT2D eigenvalue weighted by Crippen LogP contribution is 2.30. The standard InChI is InChI=1S/C26H25ClN4O2/c1-16(24-22-12-7-19(25(28)32)13-23(22)30-26(24)33)29-21-10-5-18(6-11-21)15-31(2)14-17-3-8-20(27)9-4-17/h3-13,30,33H,14-15H2,1-2H3,(H2,28,32). The van der Waals surface area contributed by atoms with E-state index in [-0.39, 0.29) is 5.88 Å². The number of carbonyl (C=O) groups is 1. The number of aliphatic imine (C=N–C) groups is 1. The zero-order chi connectivity index (χ0) is 23.5. The summed E-state index contributed by atoms with van der Waals surface area (Å²) in [7, 11) is 2.08. The van der Waals surface area contributed by atoms with Crippen molar-refractivity contribution in [3.63, 3.8) is 0 Å². The summed E-state index contributed by atoms with van der Waals surface area (Å²) >= 11 is 5.96. The van der Waals surface area contributed by atoms with E-state index in [4.69, 9.17) is 17.3 Å². The molecular formula is C26H25ClN4O2. The summed E-state index contributed by atoms with van der Waals surface area (Å²) in [6.45, 7) is 3.47. The van der Waals surface area contributed by atoms with Crippen LogP contribution in [-0.4, -0.2) is 33.7 Å². The van der Waals surface area contributed by atoms with E-state index >= 15 is 0 Å². The van der Waals surface area contributed by atoms with E-state index < -0.39 is 5.91 Å². The zero-order valence-corrected chi connectivity index (χ0v) is 19.2. The number of hydrogen-bond donors (Lipinski definition) is 3. The molecule has 1 heterocycles. The molecule has 7 heteroatoms. The number of nitrogens with zero attached hydrogens (tertiary/aromatic N) is 2. The third-order valence-electron chi connectivity index (χ3n) is 5.48. The van der Waals surface area contributed by atoms with Crippen LogP contribution in [0.4, 0.5) is 5.69 Å². The highest BCUT2D eigenvalue weighted by Gasteiger charge is 2.15. The van der Waals surface area contributed by atoms with E-state index in [1.54, 1.807) is 18.2 Å². The summed E-state index contributed by atoms with van der Waals surface area (Å²) < 4.78 is 0. The summed E-state index contributed by atoms with van der Waals surface area (Å²) in [5.41, 5.74) is 10.8. The van der Waals surface area contributed by atoms with E-state index in [1.807, 2.05) is 43.3 Å². The van der Waals surface area contributed by atoms with Crippen LogP contribution >= 0.6 is 11.6 Å². The predicted molar refractivity (Wildman–Crippen MR) is 133 cm³/mol. The highest BCUT2D eigenvalue weighted by atomic mass is 35.5. The second kappa shape index (κ2) is 9.48. The minimum atomic E-state index is -0.517. The van der Waals surface area contributed by atoms with Crippen LogP contribution in [-0.2, 0) is 13.1 Å². The molecule has 0 bridgehead atoms. The molecule has 0 saturated carbocycles. The molecule has 33 heavy (non-hydrogen) atoms. The number of aromatic hydroxyl groups is 1. The van der Waals surface area contributed by atoms with Gasteiger partial charge in [0.05, 0.1) is 17.0 Å². The number of carbonyl (C=O) groups excluding carboxylic acids is 1. The lowest BCUT2D eigenvalue weighted by Crippen LogP contribution is -2.17. The molecule has 0 aliphatic heterocycles. The quantitative estimate of drug-likeness (QED) is 0.322. The van der Waals surface area contributed by atoms with Crippen LogP contribution in [0.15, 0.2) is 71.7 Å². The van der Waals surface area contributed by atoms with Crippen molar-refractivity contribution >= 4 is 39.8 Å². The number of nitrogens with one attached hydrogen (secondary N) is 1. The van der Waals surface area contributed by atoms with Gasteiger partial charge in [0.25, 0.3) is 0 Å². The van der Waals surface area contributed by atoms with Gasteiger partial charge < -0.3 is 15.8 Å². The van der Waals surface area contributed by atoms with Gasteiger partial charge in [-0.1, -0.05) is 41.9 Å². The van der Waals surface area contributed by atoms with Crippen LogP contribution in [0.5, 0.6) is 5.88 Å². The van der Waals surface area contributed by atoms with E-state index in [2.05, 4.69) is 34.1 Å². The molecule has 4 rings (SSSR count). The van der Waals surface area contributed by atoms with Gasteiger partial charge in [-0.05, 0) is 61.5 Å². The first-order valence-electron chi connectivity index (χ1n) is 10.5. The second-order valence-corrected chi connectivity index (χ2v) is 8.57. The van der Waals surface area contributed by atoms with Gasteiger partial charge in [-0.3, -0.25) is 14.7 Å². The topological polar surface area (TPSA) is 94.7 Å². The Kier molecular flexibility index (Phi) is 6.49. The zero-order valence-electron chi connectivity index (χ0n) is 18.5. The van der Waals surface area contributed by atoms with Crippen molar-refractivity contribution in [3.05, 3.63) is 94.0 Å². The number of halogens is 1. The Balaban J connectivity index is 1.48. The number of nitrogens with two attached hydrogens (primary N) is 1. The van der Waals surface area contributed by atoms with Crippen molar-refractivity contribution in [1.82, 2.24) is 9.88 Å². The smallest absolute Gasteiger partial charge is 0.248 e. The number of aromatic amines is 1. The number of rotatable bonds is 7. The van der Waals surface area contributed by atoms with Crippen molar-refractivity contribution in [2.75, 3.05) is 7.05 Å². The summed E-state index contributed by atoms with van der Waals surface area (Å²) in [6.07, 6.45) is 0. The first kappa shape index (κ1) is 22.6. The molecule has 0 fully saturated rings. The van der Waals surface area contributed by atoms with Crippen LogP contribution in [0.25, 0.3) is 10.9 Å². The van der Waals surface area contributed by atoms with Gasteiger partial charge in [0.2, 0.25) is 5.91 Å². The minimum Gasteiger partial charge on any atom is -0.494 e. The van der Waals surface area contributed by atoms with Gasteiger partial charge >= 0.3 is 0 Å². The number of amides is 1. The van der Waals surface area contributed by atoms with Gasteiger partial charge in [0, 0.05) is 34.6 Å². The van der Waals surface area contributed by atoms with E-state index in [0.29, 0.717) is 22.4 Å². The summed E-state index contributed by atoms with van der Waals surface area (Å²) in [5, 5.41) is 11.9. The molecule has 0 saturated heterocycles. The molecule has 0 unspecified atom stereocenters. The van der Waals surface area contributed by atoms with Crippen molar-refractivity contribution in [3.8, 4) is 5.88 Å². The Bertz CT molecular complexity index is 1330. The third kappa shape index (κ3) is 5.25. The summed E-state index contributed by atoms with van der Waals surface area (Å²) in [4.78, 5) is 21.2. The van der Waals surface area contributed by atoms with Crippen molar-refractivity contribution in [2.45, 2.75) is 20.0 Å². The maximum Gasteiger partial charge on any atom is 0.248 e. The number of primary amides is 1. The maximum atomic E-state index is 11.4. The Morgan fingerprint density at radius 3 is 2.24 bits per heavy atom. The number of H-pyrrole nitrogens is 1. The largest absolute Gasteiger partial charge is 0.494 e. The number of hydrogen-bond acceptors (Lipinski definition) is 4. The Morgan fingerprint density at radius 1 is 1.03 bits per heavy atom.